The molecular formula is C13H20N2O3. The lowest BCUT2D eigenvalue weighted by Gasteiger charge is -2.29. The van der Waals surface area contributed by atoms with Gasteiger partial charge in [0, 0.05) is 23.7 Å². The van der Waals surface area contributed by atoms with Gasteiger partial charge in [-0.1, -0.05) is 18.2 Å². The minimum atomic E-state index is -0.483. The maximum Gasteiger partial charge on any atom is 0.272 e. The smallest absolute Gasteiger partial charge is 0.272 e. The molecule has 100 valence electrons. The van der Waals surface area contributed by atoms with E-state index in [0.29, 0.717) is 18.5 Å². The Bertz CT molecular complexity index is 416. The number of nitrogens with one attached hydrogen (secondary N) is 1. The fraction of sp³-hybridized carbons (Fsp3) is 0.538. The Balaban J connectivity index is 2.62. The van der Waals surface area contributed by atoms with Crippen LogP contribution in [0.15, 0.2) is 24.3 Å². The standard InChI is InChI=1S/C13H20N2O3/c1-10(16)13(2,3)14-9-8-11-6-4-5-7-12(11)15(17)18/h4-7,10,14,16H,8-9H2,1-3H3. The normalized spacial score (nSPS) is 13.3. The summed E-state index contributed by atoms with van der Waals surface area (Å²) >= 11 is 0. The summed E-state index contributed by atoms with van der Waals surface area (Å²) in [6, 6.07) is 6.72. The summed E-state index contributed by atoms with van der Waals surface area (Å²) in [6.07, 6.45) is 0.0797. The molecule has 2 N–H and O–H groups in total. The first kappa shape index (κ1) is 14.6. The number of aliphatic hydroxyl groups excluding tert-OH is 1. The zero-order valence-electron chi connectivity index (χ0n) is 11.0. The highest BCUT2D eigenvalue weighted by Crippen LogP contribution is 2.18. The van der Waals surface area contributed by atoms with Crippen LogP contribution in [0.5, 0.6) is 0 Å². The van der Waals surface area contributed by atoms with Gasteiger partial charge in [0.1, 0.15) is 0 Å². The summed E-state index contributed by atoms with van der Waals surface area (Å²) in [7, 11) is 0. The summed E-state index contributed by atoms with van der Waals surface area (Å²) in [4.78, 5) is 10.5. The fourth-order valence-electron chi connectivity index (χ4n) is 1.57. The van der Waals surface area contributed by atoms with Crippen molar-refractivity contribution in [3.8, 4) is 0 Å². The molecule has 1 rings (SSSR count). The van der Waals surface area contributed by atoms with E-state index in [9.17, 15) is 15.2 Å². The Labute approximate surface area is 107 Å². The predicted octanol–water partition coefficient (Wildman–Crippen LogP) is 1.89. The molecule has 0 aromatic heterocycles. The molecule has 1 aromatic rings. The van der Waals surface area contributed by atoms with Gasteiger partial charge in [0.2, 0.25) is 0 Å². The average Bonchev–Trinajstić information content (AvgIpc) is 2.29. The van der Waals surface area contributed by atoms with Crippen molar-refractivity contribution in [2.24, 2.45) is 0 Å². The minimum Gasteiger partial charge on any atom is -0.392 e. The highest BCUT2D eigenvalue weighted by Gasteiger charge is 2.23. The van der Waals surface area contributed by atoms with E-state index in [1.807, 2.05) is 13.8 Å². The quantitative estimate of drug-likeness (QED) is 0.599. The Morgan fingerprint density at radius 3 is 2.61 bits per heavy atom. The molecule has 0 bridgehead atoms. The number of aliphatic hydroxyl groups is 1. The van der Waals surface area contributed by atoms with E-state index in [2.05, 4.69) is 5.32 Å². The van der Waals surface area contributed by atoms with Crippen LogP contribution < -0.4 is 5.32 Å². The van der Waals surface area contributed by atoms with Gasteiger partial charge >= 0.3 is 0 Å². The van der Waals surface area contributed by atoms with Gasteiger partial charge in [0.05, 0.1) is 11.0 Å². The largest absolute Gasteiger partial charge is 0.392 e. The average molecular weight is 252 g/mol. The first-order chi connectivity index (χ1) is 8.34. The second-order valence-corrected chi connectivity index (χ2v) is 4.96. The second kappa shape index (κ2) is 5.93. The summed E-state index contributed by atoms with van der Waals surface area (Å²) in [5.41, 5.74) is 0.453. The molecule has 1 unspecified atom stereocenters. The van der Waals surface area contributed by atoms with Crippen molar-refractivity contribution in [3.05, 3.63) is 39.9 Å². The van der Waals surface area contributed by atoms with Crippen LogP contribution in [0.4, 0.5) is 5.69 Å². The van der Waals surface area contributed by atoms with E-state index in [4.69, 9.17) is 0 Å². The SMILES string of the molecule is CC(O)C(C)(C)NCCc1ccccc1[N+](=O)[O-]. The molecule has 0 spiro atoms. The van der Waals surface area contributed by atoms with Crippen LogP contribution >= 0.6 is 0 Å². The van der Waals surface area contributed by atoms with Gasteiger partial charge in [-0.15, -0.1) is 0 Å². The molecule has 5 heteroatoms. The predicted molar refractivity (Wildman–Crippen MR) is 70.6 cm³/mol. The Morgan fingerprint density at radius 1 is 1.44 bits per heavy atom. The summed E-state index contributed by atoms with van der Waals surface area (Å²) in [6.45, 7) is 6.11. The van der Waals surface area contributed by atoms with Crippen LogP contribution in [0.3, 0.4) is 0 Å². The van der Waals surface area contributed by atoms with Crippen LogP contribution in [0.25, 0.3) is 0 Å². The zero-order valence-corrected chi connectivity index (χ0v) is 11.0. The summed E-state index contributed by atoms with van der Waals surface area (Å²) in [5.74, 6) is 0. The third-order valence-corrected chi connectivity index (χ3v) is 3.21. The Hall–Kier alpha value is -1.46. The van der Waals surface area contributed by atoms with Gasteiger partial charge in [-0.3, -0.25) is 10.1 Å². The van der Waals surface area contributed by atoms with Gasteiger partial charge in [-0.25, -0.2) is 0 Å². The van der Waals surface area contributed by atoms with Gasteiger partial charge in [0.15, 0.2) is 0 Å². The van der Waals surface area contributed by atoms with Crippen LogP contribution in [-0.2, 0) is 6.42 Å². The zero-order chi connectivity index (χ0) is 13.8. The highest BCUT2D eigenvalue weighted by atomic mass is 16.6. The second-order valence-electron chi connectivity index (χ2n) is 4.96. The topological polar surface area (TPSA) is 75.4 Å². The van der Waals surface area contributed by atoms with E-state index >= 15 is 0 Å². The molecule has 0 saturated heterocycles. The van der Waals surface area contributed by atoms with E-state index in [-0.39, 0.29) is 10.6 Å². The highest BCUT2D eigenvalue weighted by molar-refractivity contribution is 5.39. The van der Waals surface area contributed by atoms with Gasteiger partial charge in [0.25, 0.3) is 5.69 Å². The molecule has 0 amide bonds. The van der Waals surface area contributed by atoms with Crippen molar-refractivity contribution in [1.29, 1.82) is 0 Å². The van der Waals surface area contributed by atoms with Crippen LogP contribution in [-0.4, -0.2) is 28.2 Å². The lowest BCUT2D eigenvalue weighted by molar-refractivity contribution is -0.385. The fourth-order valence-corrected chi connectivity index (χ4v) is 1.57. The van der Waals surface area contributed by atoms with Crippen LogP contribution in [0.1, 0.15) is 26.3 Å². The summed E-state index contributed by atoms with van der Waals surface area (Å²) in [5, 5.41) is 23.6. The van der Waals surface area contributed by atoms with Gasteiger partial charge in [-0.2, -0.15) is 0 Å². The van der Waals surface area contributed by atoms with E-state index < -0.39 is 11.6 Å². The maximum absolute atomic E-state index is 10.8. The molecule has 5 nitrogen and oxygen atoms in total. The molecule has 1 aromatic carbocycles. The van der Waals surface area contributed by atoms with Gasteiger partial charge < -0.3 is 10.4 Å². The van der Waals surface area contributed by atoms with Crippen molar-refractivity contribution < 1.29 is 10.0 Å². The number of nitro groups is 1. The molecule has 0 heterocycles. The van der Waals surface area contributed by atoms with E-state index in [1.165, 1.54) is 6.07 Å². The first-order valence-corrected chi connectivity index (χ1v) is 6.00. The molecule has 0 aliphatic carbocycles. The van der Waals surface area contributed by atoms with Gasteiger partial charge in [-0.05, 0) is 27.2 Å². The number of hydrogen-bond acceptors (Lipinski definition) is 4. The maximum atomic E-state index is 10.8. The number of para-hydroxylation sites is 1. The molecule has 18 heavy (non-hydrogen) atoms. The van der Waals surface area contributed by atoms with Crippen molar-refractivity contribution in [2.75, 3.05) is 6.54 Å². The summed E-state index contributed by atoms with van der Waals surface area (Å²) < 4.78 is 0. The molecule has 0 saturated carbocycles. The molecule has 1 atom stereocenters. The molecule has 0 fully saturated rings. The number of rotatable bonds is 6. The van der Waals surface area contributed by atoms with Crippen molar-refractivity contribution in [3.63, 3.8) is 0 Å². The Morgan fingerprint density at radius 2 is 2.06 bits per heavy atom. The monoisotopic (exact) mass is 252 g/mol. The number of nitro benzene ring substituents is 1. The first-order valence-electron chi connectivity index (χ1n) is 6.00. The lowest BCUT2D eigenvalue weighted by atomic mass is 9.98. The molecule has 0 radical (unpaired) electrons. The molecular weight excluding hydrogens is 232 g/mol. The van der Waals surface area contributed by atoms with Crippen LogP contribution in [0.2, 0.25) is 0 Å². The number of hydrogen-bond donors (Lipinski definition) is 2. The third-order valence-electron chi connectivity index (χ3n) is 3.21. The number of nitrogens with zero attached hydrogens (tertiary/aromatic N) is 1. The Kier molecular flexibility index (Phi) is 4.81. The van der Waals surface area contributed by atoms with Crippen molar-refractivity contribution in [1.82, 2.24) is 5.32 Å². The van der Waals surface area contributed by atoms with Crippen LogP contribution in [0, 0.1) is 10.1 Å². The van der Waals surface area contributed by atoms with E-state index in [1.54, 1.807) is 25.1 Å². The van der Waals surface area contributed by atoms with Crippen molar-refractivity contribution >= 4 is 5.69 Å². The molecule has 0 aliphatic rings. The van der Waals surface area contributed by atoms with Crippen molar-refractivity contribution in [2.45, 2.75) is 38.8 Å². The number of benzene rings is 1. The third kappa shape index (κ3) is 3.78. The molecule has 0 aliphatic heterocycles. The van der Waals surface area contributed by atoms with E-state index in [0.717, 1.165) is 0 Å². The lowest BCUT2D eigenvalue weighted by Crippen LogP contribution is -2.48. The minimum absolute atomic E-state index is 0.147.